The van der Waals surface area contributed by atoms with Gasteiger partial charge in [-0.2, -0.15) is 0 Å². The Bertz CT molecular complexity index is 340. The zero-order valence-corrected chi connectivity index (χ0v) is 6.53. The second-order valence-corrected chi connectivity index (χ2v) is 2.52. The van der Waals surface area contributed by atoms with Gasteiger partial charge in [-0.05, 0) is 6.07 Å². The van der Waals surface area contributed by atoms with E-state index in [4.69, 9.17) is 17.3 Å². The van der Waals surface area contributed by atoms with Crippen LogP contribution in [0.4, 0.5) is 8.78 Å². The van der Waals surface area contributed by atoms with Gasteiger partial charge in [0.25, 0.3) is 5.91 Å². The molecule has 5 heteroatoms. The number of benzene rings is 1. The Morgan fingerprint density at radius 2 is 1.92 bits per heavy atom. The van der Waals surface area contributed by atoms with Gasteiger partial charge in [0, 0.05) is 6.07 Å². The van der Waals surface area contributed by atoms with E-state index in [1.165, 1.54) is 0 Å². The Morgan fingerprint density at radius 3 is 2.42 bits per heavy atom. The molecule has 2 N–H and O–H groups in total. The largest absolute Gasteiger partial charge is 0.366 e. The third-order valence-electron chi connectivity index (χ3n) is 1.28. The molecule has 0 saturated carbocycles. The number of primary amides is 1. The molecule has 12 heavy (non-hydrogen) atoms. The molecule has 1 rings (SSSR count). The molecular weight excluding hydrogens is 188 g/mol. The van der Waals surface area contributed by atoms with Crippen molar-refractivity contribution in [2.45, 2.75) is 0 Å². The van der Waals surface area contributed by atoms with Crippen LogP contribution in [0.25, 0.3) is 0 Å². The number of hydrogen-bond donors (Lipinski definition) is 1. The fourth-order valence-corrected chi connectivity index (χ4v) is 0.875. The Hall–Kier alpha value is -1.16. The van der Waals surface area contributed by atoms with Crippen LogP contribution in [0.5, 0.6) is 0 Å². The zero-order valence-electron chi connectivity index (χ0n) is 5.77. The van der Waals surface area contributed by atoms with Gasteiger partial charge in [0.05, 0.1) is 10.6 Å². The minimum absolute atomic E-state index is 0.329. The quantitative estimate of drug-likeness (QED) is 0.675. The normalized spacial score (nSPS) is 9.92. The summed E-state index contributed by atoms with van der Waals surface area (Å²) in [6.07, 6.45) is 0. The van der Waals surface area contributed by atoms with Crippen molar-refractivity contribution in [1.82, 2.24) is 0 Å². The molecule has 0 radical (unpaired) electrons. The Balaban J connectivity index is 3.33. The molecule has 2 nitrogen and oxygen atoms in total. The van der Waals surface area contributed by atoms with Crippen LogP contribution in [0.15, 0.2) is 12.1 Å². The lowest BCUT2D eigenvalue weighted by Gasteiger charge is -1.99. The Kier molecular flexibility index (Phi) is 2.28. The Labute approximate surface area is 71.9 Å². The molecule has 0 bridgehead atoms. The molecule has 0 aliphatic heterocycles. The van der Waals surface area contributed by atoms with Gasteiger partial charge in [-0.1, -0.05) is 11.6 Å². The highest BCUT2D eigenvalue weighted by Gasteiger charge is 2.11. The summed E-state index contributed by atoms with van der Waals surface area (Å²) in [7, 11) is 0. The summed E-state index contributed by atoms with van der Waals surface area (Å²) in [5.74, 6) is -2.90. The number of amides is 1. The van der Waals surface area contributed by atoms with Gasteiger partial charge in [0.1, 0.15) is 11.6 Å². The van der Waals surface area contributed by atoms with E-state index >= 15 is 0 Å². The molecule has 1 aromatic rings. The summed E-state index contributed by atoms with van der Waals surface area (Å²) < 4.78 is 25.2. The zero-order chi connectivity index (χ0) is 9.30. The van der Waals surface area contributed by atoms with Crippen LogP contribution in [-0.2, 0) is 0 Å². The number of nitrogens with two attached hydrogens (primary N) is 1. The van der Waals surface area contributed by atoms with E-state index < -0.39 is 23.1 Å². The van der Waals surface area contributed by atoms with Gasteiger partial charge in [0.2, 0.25) is 0 Å². The number of halogens is 3. The van der Waals surface area contributed by atoms with Crippen LogP contribution in [-0.4, -0.2) is 5.91 Å². The molecular formula is C7H4ClF2NO. The molecule has 0 saturated heterocycles. The van der Waals surface area contributed by atoms with E-state index in [1.807, 2.05) is 0 Å². The van der Waals surface area contributed by atoms with Gasteiger partial charge < -0.3 is 5.73 Å². The summed E-state index contributed by atoms with van der Waals surface area (Å²) in [6, 6.07) is 1.37. The van der Waals surface area contributed by atoms with Crippen molar-refractivity contribution >= 4 is 17.5 Å². The standard InChI is InChI=1S/C7H4ClF2NO/c8-4-1-3(7(11)12)5(9)2-6(4)10/h1-2H,(H2,11,12). The number of carbonyl (C=O) groups excluding carboxylic acids is 1. The maximum absolute atomic E-state index is 12.7. The average molecular weight is 192 g/mol. The molecule has 0 atom stereocenters. The number of hydrogen-bond acceptors (Lipinski definition) is 1. The van der Waals surface area contributed by atoms with Crippen LogP contribution in [0.3, 0.4) is 0 Å². The molecule has 0 aromatic heterocycles. The first-order valence-corrected chi connectivity index (χ1v) is 3.34. The van der Waals surface area contributed by atoms with E-state index in [2.05, 4.69) is 0 Å². The SMILES string of the molecule is NC(=O)c1cc(Cl)c(F)cc1F. The van der Waals surface area contributed by atoms with Crippen molar-refractivity contribution in [3.63, 3.8) is 0 Å². The molecule has 1 amide bonds. The first kappa shape index (κ1) is 8.93. The van der Waals surface area contributed by atoms with Crippen molar-refractivity contribution in [3.05, 3.63) is 34.4 Å². The predicted octanol–water partition coefficient (Wildman–Crippen LogP) is 1.72. The molecule has 64 valence electrons. The molecule has 0 fully saturated rings. The predicted molar refractivity (Wildman–Crippen MR) is 39.9 cm³/mol. The summed E-state index contributed by atoms with van der Waals surface area (Å²) >= 11 is 5.28. The molecule has 1 aromatic carbocycles. The van der Waals surface area contributed by atoms with E-state index in [-0.39, 0.29) is 5.02 Å². The fraction of sp³-hybridized carbons (Fsp3) is 0. The van der Waals surface area contributed by atoms with E-state index in [1.54, 1.807) is 0 Å². The highest BCUT2D eigenvalue weighted by Crippen LogP contribution is 2.18. The first-order valence-electron chi connectivity index (χ1n) is 2.96. The van der Waals surface area contributed by atoms with E-state index in [0.717, 1.165) is 6.07 Å². The van der Waals surface area contributed by atoms with Gasteiger partial charge in [-0.25, -0.2) is 8.78 Å². The summed E-state index contributed by atoms with van der Waals surface area (Å²) in [5, 5.41) is -0.329. The lowest BCUT2D eigenvalue weighted by molar-refractivity contribution is 0.0996. The topological polar surface area (TPSA) is 43.1 Å². The smallest absolute Gasteiger partial charge is 0.251 e. The average Bonchev–Trinajstić information content (AvgIpc) is 1.96. The van der Waals surface area contributed by atoms with Crippen LogP contribution in [0.2, 0.25) is 5.02 Å². The molecule has 0 aliphatic carbocycles. The summed E-state index contributed by atoms with van der Waals surface area (Å²) in [5.41, 5.74) is 4.36. The Morgan fingerprint density at radius 1 is 1.33 bits per heavy atom. The maximum Gasteiger partial charge on any atom is 0.251 e. The molecule has 0 heterocycles. The second-order valence-electron chi connectivity index (χ2n) is 2.11. The van der Waals surface area contributed by atoms with Crippen molar-refractivity contribution in [3.8, 4) is 0 Å². The minimum atomic E-state index is -1.01. The summed E-state index contributed by atoms with van der Waals surface area (Å²) in [6.45, 7) is 0. The highest BCUT2D eigenvalue weighted by atomic mass is 35.5. The van der Waals surface area contributed by atoms with Crippen molar-refractivity contribution in [2.24, 2.45) is 5.73 Å². The van der Waals surface area contributed by atoms with Gasteiger partial charge in [-0.15, -0.1) is 0 Å². The third kappa shape index (κ3) is 1.53. The molecule has 0 unspecified atom stereocenters. The second kappa shape index (κ2) is 3.06. The molecule has 0 aliphatic rings. The number of carbonyl (C=O) groups is 1. The van der Waals surface area contributed by atoms with Crippen LogP contribution in [0.1, 0.15) is 10.4 Å². The summed E-state index contributed by atoms with van der Waals surface area (Å²) in [4.78, 5) is 10.5. The third-order valence-corrected chi connectivity index (χ3v) is 1.57. The lowest BCUT2D eigenvalue weighted by atomic mass is 10.2. The molecule has 0 spiro atoms. The van der Waals surface area contributed by atoms with E-state index in [0.29, 0.717) is 6.07 Å². The first-order chi connectivity index (χ1) is 5.52. The highest BCUT2D eigenvalue weighted by molar-refractivity contribution is 6.31. The maximum atomic E-state index is 12.7. The van der Waals surface area contributed by atoms with Crippen LogP contribution in [0, 0.1) is 11.6 Å². The van der Waals surface area contributed by atoms with Gasteiger partial charge in [0.15, 0.2) is 0 Å². The van der Waals surface area contributed by atoms with Crippen LogP contribution >= 0.6 is 11.6 Å². The fourth-order valence-electron chi connectivity index (χ4n) is 0.711. The van der Waals surface area contributed by atoms with Crippen molar-refractivity contribution in [2.75, 3.05) is 0 Å². The number of rotatable bonds is 1. The monoisotopic (exact) mass is 191 g/mol. The van der Waals surface area contributed by atoms with Crippen molar-refractivity contribution in [1.29, 1.82) is 0 Å². The van der Waals surface area contributed by atoms with Gasteiger partial charge in [-0.3, -0.25) is 4.79 Å². The minimum Gasteiger partial charge on any atom is -0.366 e. The van der Waals surface area contributed by atoms with Gasteiger partial charge >= 0.3 is 0 Å². The lowest BCUT2D eigenvalue weighted by Crippen LogP contribution is -2.13. The van der Waals surface area contributed by atoms with E-state index in [9.17, 15) is 13.6 Å². The van der Waals surface area contributed by atoms with Crippen LogP contribution < -0.4 is 5.73 Å². The van der Waals surface area contributed by atoms with Crippen molar-refractivity contribution < 1.29 is 13.6 Å².